The summed E-state index contributed by atoms with van der Waals surface area (Å²) < 4.78 is 0. The second kappa shape index (κ2) is 3.44. The molecule has 0 heterocycles. The normalized spacial score (nSPS) is 16.2. The molecule has 72 valence electrons. The Morgan fingerprint density at radius 3 is 2.20 bits per heavy atom. The van der Waals surface area contributed by atoms with Gasteiger partial charge in [0.05, 0.1) is 11.6 Å². The zero-order chi connectivity index (χ0) is 10.9. The van der Waals surface area contributed by atoms with Crippen molar-refractivity contribution in [3.8, 4) is 12.0 Å². The van der Waals surface area contributed by atoms with Crippen LogP contribution in [0.15, 0.2) is 24.3 Å². The van der Waals surface area contributed by atoms with Crippen LogP contribution in [0.1, 0.15) is 24.0 Å². The molecule has 0 unspecified atom stereocenters. The second-order valence-electron chi connectivity index (χ2n) is 4.20. The van der Waals surface area contributed by atoms with Gasteiger partial charge in [0.25, 0.3) is 6.71 Å². The molecule has 1 aromatic rings. The van der Waals surface area contributed by atoms with Crippen LogP contribution in [0.4, 0.5) is 0 Å². The Morgan fingerprint density at radius 1 is 1.20 bits per heavy atom. The highest BCUT2D eigenvalue weighted by atomic mass is 14.4. The molecule has 3 heteroatoms. The van der Waals surface area contributed by atoms with Crippen LogP contribution in [-0.4, -0.2) is 6.71 Å². The van der Waals surface area contributed by atoms with Crippen molar-refractivity contribution in [1.82, 2.24) is 0 Å². The molecule has 0 radical (unpaired) electrons. The van der Waals surface area contributed by atoms with Gasteiger partial charge in [-0.05, 0) is 35.9 Å². The van der Waals surface area contributed by atoms with Gasteiger partial charge >= 0.3 is 0 Å². The Morgan fingerprint density at radius 2 is 1.80 bits per heavy atom. The van der Waals surface area contributed by atoms with Crippen LogP contribution in [0, 0.1) is 22.6 Å². The first kappa shape index (κ1) is 9.81. The topological polar surface area (TPSA) is 47.6 Å². The molecule has 1 saturated carbocycles. The summed E-state index contributed by atoms with van der Waals surface area (Å²) >= 11 is 0. The highest BCUT2D eigenvalue weighted by Gasteiger charge is 2.51. The Labute approximate surface area is 90.2 Å². The van der Waals surface area contributed by atoms with E-state index < -0.39 is 0 Å². The molecule has 0 bridgehead atoms. The Hall–Kier alpha value is -1.74. The van der Waals surface area contributed by atoms with Crippen LogP contribution in [0.5, 0.6) is 0 Å². The van der Waals surface area contributed by atoms with Gasteiger partial charge in [0, 0.05) is 5.97 Å². The third-order valence-electron chi connectivity index (χ3n) is 3.40. The molecule has 15 heavy (non-hydrogen) atoms. The number of hydrogen-bond donors (Lipinski definition) is 0. The lowest BCUT2D eigenvalue weighted by Crippen LogP contribution is -2.26. The minimum Gasteiger partial charge on any atom is -0.213 e. The summed E-state index contributed by atoms with van der Waals surface area (Å²) in [7, 11) is 0. The third kappa shape index (κ3) is 1.51. The molecule has 0 N–H and O–H groups in total. The predicted octanol–water partition coefficient (Wildman–Crippen LogP) is 2.32. The molecule has 0 saturated heterocycles. The summed E-state index contributed by atoms with van der Waals surface area (Å²) in [5, 5.41) is 17.7. The summed E-state index contributed by atoms with van der Waals surface area (Å²) in [4.78, 5) is 0. The van der Waals surface area contributed by atoms with Crippen molar-refractivity contribution in [1.29, 1.82) is 10.5 Å². The predicted molar refractivity (Wildman–Crippen MR) is 59.3 cm³/mol. The van der Waals surface area contributed by atoms with Gasteiger partial charge in [0.2, 0.25) is 0 Å². The van der Waals surface area contributed by atoms with E-state index in [1.165, 1.54) is 5.56 Å². The van der Waals surface area contributed by atoms with Crippen LogP contribution < -0.4 is 0 Å². The molecule has 1 aliphatic carbocycles. The molecular formula is C12H11BN2. The fourth-order valence-electron chi connectivity index (χ4n) is 2.11. The SMILES string of the molecule is CB(C#N)C1(c2ccc(C#N)cc2)CC1. The zero-order valence-corrected chi connectivity index (χ0v) is 8.70. The van der Waals surface area contributed by atoms with Crippen molar-refractivity contribution in [3.63, 3.8) is 0 Å². The van der Waals surface area contributed by atoms with E-state index in [9.17, 15) is 0 Å². The van der Waals surface area contributed by atoms with Crippen LogP contribution in [0.3, 0.4) is 0 Å². The van der Waals surface area contributed by atoms with Gasteiger partial charge in [0.15, 0.2) is 0 Å². The van der Waals surface area contributed by atoms with E-state index in [0.717, 1.165) is 12.8 Å². The molecule has 0 amide bonds. The van der Waals surface area contributed by atoms with Gasteiger partial charge in [-0.2, -0.15) is 5.26 Å². The maximum atomic E-state index is 8.97. The summed E-state index contributed by atoms with van der Waals surface area (Å²) in [6, 6.07) is 9.74. The molecule has 0 aromatic heterocycles. The summed E-state index contributed by atoms with van der Waals surface area (Å²) in [5.41, 5.74) is 1.88. The van der Waals surface area contributed by atoms with Crippen molar-refractivity contribution in [2.24, 2.45) is 0 Å². The minimum absolute atomic E-state index is 0.0606. The first-order valence-electron chi connectivity index (χ1n) is 5.13. The van der Waals surface area contributed by atoms with Gasteiger partial charge in [-0.25, -0.2) is 5.26 Å². The average Bonchev–Trinajstić information content (AvgIpc) is 3.09. The Bertz CT molecular complexity index is 446. The fourth-order valence-corrected chi connectivity index (χ4v) is 2.11. The number of rotatable bonds is 2. The highest BCUT2D eigenvalue weighted by Crippen LogP contribution is 2.49. The molecule has 2 rings (SSSR count). The lowest BCUT2D eigenvalue weighted by Gasteiger charge is -2.15. The van der Waals surface area contributed by atoms with E-state index in [1.54, 1.807) is 0 Å². The van der Waals surface area contributed by atoms with Gasteiger partial charge in [0.1, 0.15) is 0 Å². The van der Waals surface area contributed by atoms with Gasteiger partial charge < -0.3 is 0 Å². The van der Waals surface area contributed by atoms with Crippen LogP contribution in [0.25, 0.3) is 0 Å². The van der Waals surface area contributed by atoms with Crippen molar-refractivity contribution >= 4 is 6.71 Å². The number of hydrogen-bond acceptors (Lipinski definition) is 2. The number of nitrogens with zero attached hydrogens (tertiary/aromatic N) is 2. The van der Waals surface area contributed by atoms with E-state index in [1.807, 2.05) is 31.1 Å². The van der Waals surface area contributed by atoms with Crippen LogP contribution >= 0.6 is 0 Å². The lowest BCUT2D eigenvalue weighted by molar-refractivity contribution is 0.981. The largest absolute Gasteiger partial charge is 0.275 e. The minimum atomic E-state index is 0.0606. The van der Waals surface area contributed by atoms with Gasteiger partial charge in [-0.1, -0.05) is 19.0 Å². The number of nitriles is 2. The van der Waals surface area contributed by atoms with Gasteiger partial charge in [-0.15, -0.1) is 0 Å². The lowest BCUT2D eigenvalue weighted by atomic mass is 9.40. The standard InChI is InChI=1S/C12H11BN2/c1-13(9-15)12(6-7-12)11-4-2-10(8-14)3-5-11/h2-5H,6-7H2,1H3. The molecule has 0 aliphatic heterocycles. The molecule has 1 fully saturated rings. The van der Waals surface area contributed by atoms with E-state index in [2.05, 4.69) is 12.0 Å². The van der Waals surface area contributed by atoms with E-state index in [4.69, 9.17) is 10.5 Å². The molecule has 0 spiro atoms. The average molecular weight is 194 g/mol. The van der Waals surface area contributed by atoms with Crippen LogP contribution in [0.2, 0.25) is 6.82 Å². The van der Waals surface area contributed by atoms with Gasteiger partial charge in [-0.3, -0.25) is 0 Å². The van der Waals surface area contributed by atoms with Crippen LogP contribution in [-0.2, 0) is 5.31 Å². The first-order chi connectivity index (χ1) is 7.23. The maximum absolute atomic E-state index is 8.97. The third-order valence-corrected chi connectivity index (χ3v) is 3.40. The fraction of sp³-hybridized carbons (Fsp3) is 0.333. The van der Waals surface area contributed by atoms with Crippen molar-refractivity contribution < 1.29 is 0 Å². The number of benzene rings is 1. The van der Waals surface area contributed by atoms with Crippen molar-refractivity contribution in [3.05, 3.63) is 35.4 Å². The maximum Gasteiger partial charge on any atom is 0.275 e. The van der Waals surface area contributed by atoms with E-state index in [0.29, 0.717) is 5.56 Å². The zero-order valence-electron chi connectivity index (χ0n) is 8.70. The summed E-state index contributed by atoms with van der Waals surface area (Å²) in [6.07, 6.45) is 2.18. The first-order valence-corrected chi connectivity index (χ1v) is 5.13. The molecule has 2 nitrogen and oxygen atoms in total. The van der Waals surface area contributed by atoms with Crippen molar-refractivity contribution in [2.45, 2.75) is 25.0 Å². The quantitative estimate of drug-likeness (QED) is 0.678. The van der Waals surface area contributed by atoms with Crippen molar-refractivity contribution in [2.75, 3.05) is 0 Å². The monoisotopic (exact) mass is 194 g/mol. The summed E-state index contributed by atoms with van der Waals surface area (Å²) in [6.45, 7) is 2.04. The molecule has 1 aromatic carbocycles. The summed E-state index contributed by atoms with van der Waals surface area (Å²) in [5.74, 6) is 2.33. The Balaban J connectivity index is 2.32. The molecule has 0 atom stereocenters. The second-order valence-corrected chi connectivity index (χ2v) is 4.20. The van der Waals surface area contributed by atoms with E-state index >= 15 is 0 Å². The Kier molecular flexibility index (Phi) is 2.25. The smallest absolute Gasteiger partial charge is 0.213 e. The molecule has 1 aliphatic rings. The van der Waals surface area contributed by atoms with E-state index in [-0.39, 0.29) is 12.0 Å². The molecular weight excluding hydrogens is 183 g/mol. The highest BCUT2D eigenvalue weighted by molar-refractivity contribution is 6.69.